The van der Waals surface area contributed by atoms with Crippen molar-refractivity contribution in [1.82, 2.24) is 0 Å². The molecule has 3 nitrogen and oxygen atoms in total. The van der Waals surface area contributed by atoms with Gasteiger partial charge in [0.15, 0.2) is 0 Å². The van der Waals surface area contributed by atoms with Crippen LogP contribution in [0.5, 0.6) is 5.75 Å². The highest BCUT2D eigenvalue weighted by Crippen LogP contribution is 2.28. The molecule has 0 saturated carbocycles. The number of fused-ring (bicyclic) bond motifs is 2. The van der Waals surface area contributed by atoms with Crippen LogP contribution in [0.4, 0.5) is 0 Å². The van der Waals surface area contributed by atoms with Gasteiger partial charge in [-0.1, -0.05) is 6.08 Å². The third-order valence-electron chi connectivity index (χ3n) is 2.38. The van der Waals surface area contributed by atoms with E-state index in [1.54, 1.807) is 12.1 Å². The van der Waals surface area contributed by atoms with E-state index >= 15 is 0 Å². The van der Waals surface area contributed by atoms with Gasteiger partial charge in [-0.15, -0.1) is 0 Å². The number of benzene rings is 1. The molecule has 74 valence electrons. The molecule has 1 aliphatic heterocycles. The van der Waals surface area contributed by atoms with Crippen LogP contribution >= 0.6 is 0 Å². The maximum absolute atomic E-state index is 11.0. The molecule has 3 heteroatoms. The summed E-state index contributed by atoms with van der Waals surface area (Å²) >= 11 is 0. The van der Waals surface area contributed by atoms with Crippen LogP contribution in [0.15, 0.2) is 39.6 Å². The van der Waals surface area contributed by atoms with Crippen LogP contribution in [0, 0.1) is 0 Å². The van der Waals surface area contributed by atoms with Gasteiger partial charge < -0.3 is 9.15 Å². The van der Waals surface area contributed by atoms with Crippen molar-refractivity contribution in [3.8, 4) is 5.75 Å². The zero-order valence-corrected chi connectivity index (χ0v) is 7.90. The van der Waals surface area contributed by atoms with E-state index in [2.05, 4.69) is 0 Å². The zero-order chi connectivity index (χ0) is 10.3. The van der Waals surface area contributed by atoms with Crippen LogP contribution in [0.2, 0.25) is 0 Å². The van der Waals surface area contributed by atoms with Gasteiger partial charge in [-0.25, -0.2) is 4.79 Å². The van der Waals surface area contributed by atoms with Crippen molar-refractivity contribution in [2.24, 2.45) is 0 Å². The number of hydrogen-bond acceptors (Lipinski definition) is 3. The van der Waals surface area contributed by atoms with Crippen LogP contribution in [0.3, 0.4) is 0 Å². The Morgan fingerprint density at radius 2 is 2.13 bits per heavy atom. The Hall–Kier alpha value is -2.03. The van der Waals surface area contributed by atoms with Crippen LogP contribution in [-0.4, -0.2) is 6.61 Å². The van der Waals surface area contributed by atoms with E-state index in [0.29, 0.717) is 12.2 Å². The number of rotatable bonds is 0. The van der Waals surface area contributed by atoms with Crippen molar-refractivity contribution < 1.29 is 9.15 Å². The Labute approximate surface area is 85.6 Å². The highest BCUT2D eigenvalue weighted by atomic mass is 16.5. The molecular weight excluding hydrogens is 192 g/mol. The van der Waals surface area contributed by atoms with Crippen LogP contribution in [0.1, 0.15) is 5.56 Å². The van der Waals surface area contributed by atoms with Gasteiger partial charge in [0.25, 0.3) is 0 Å². The minimum atomic E-state index is -0.339. The largest absolute Gasteiger partial charge is 0.489 e. The Morgan fingerprint density at radius 1 is 1.20 bits per heavy atom. The Balaban J connectivity index is 2.36. The maximum atomic E-state index is 11.0. The quantitative estimate of drug-likeness (QED) is 0.612. The first kappa shape index (κ1) is 8.29. The summed E-state index contributed by atoms with van der Waals surface area (Å²) in [7, 11) is 0. The van der Waals surface area contributed by atoms with E-state index in [9.17, 15) is 4.79 Å². The van der Waals surface area contributed by atoms with E-state index in [0.717, 1.165) is 16.7 Å². The minimum absolute atomic E-state index is 0.339. The molecule has 1 aliphatic rings. The molecule has 2 heterocycles. The minimum Gasteiger partial charge on any atom is -0.489 e. The van der Waals surface area contributed by atoms with E-state index in [-0.39, 0.29) is 5.63 Å². The summed E-state index contributed by atoms with van der Waals surface area (Å²) in [5.41, 5.74) is 1.24. The predicted molar refractivity (Wildman–Crippen MR) is 57.0 cm³/mol. The fraction of sp³-hybridized carbons (Fsp3) is 0.0833. The monoisotopic (exact) mass is 200 g/mol. The lowest BCUT2D eigenvalue weighted by Crippen LogP contribution is -2.01. The van der Waals surface area contributed by atoms with Crippen molar-refractivity contribution >= 4 is 17.0 Å². The van der Waals surface area contributed by atoms with Crippen LogP contribution in [-0.2, 0) is 0 Å². The Morgan fingerprint density at radius 3 is 3.07 bits per heavy atom. The summed E-state index contributed by atoms with van der Waals surface area (Å²) in [5.74, 6) is 0.763. The van der Waals surface area contributed by atoms with Gasteiger partial charge in [0, 0.05) is 23.1 Å². The van der Waals surface area contributed by atoms with Gasteiger partial charge in [0.2, 0.25) is 0 Å². The lowest BCUT2D eigenvalue weighted by Gasteiger charge is -2.12. The second kappa shape index (κ2) is 2.98. The molecule has 0 bridgehead atoms. The van der Waals surface area contributed by atoms with Crippen molar-refractivity contribution in [3.63, 3.8) is 0 Å². The van der Waals surface area contributed by atoms with Crippen LogP contribution < -0.4 is 10.4 Å². The lowest BCUT2D eigenvalue weighted by atomic mass is 10.1. The molecule has 0 spiro atoms. The standard InChI is InChI=1S/C12H8O3/c13-12-4-3-9-6-8-2-1-5-14-10(8)7-11(9)15-12/h1-4,6-7H,5H2. The Bertz CT molecular complexity index is 608. The molecule has 0 amide bonds. The van der Waals surface area contributed by atoms with E-state index in [1.807, 2.05) is 18.2 Å². The first-order valence-corrected chi connectivity index (χ1v) is 4.70. The molecule has 1 aromatic heterocycles. The summed E-state index contributed by atoms with van der Waals surface area (Å²) in [4.78, 5) is 11.0. The number of ether oxygens (including phenoxy) is 1. The maximum Gasteiger partial charge on any atom is 0.336 e. The SMILES string of the molecule is O=c1ccc2cc3c(cc2o1)OCC=C3. The molecule has 0 atom stereocenters. The fourth-order valence-electron chi connectivity index (χ4n) is 1.68. The predicted octanol–water partition coefficient (Wildman–Crippen LogP) is 2.20. The summed E-state index contributed by atoms with van der Waals surface area (Å²) in [6.07, 6.45) is 3.96. The van der Waals surface area contributed by atoms with Gasteiger partial charge in [-0.3, -0.25) is 0 Å². The summed E-state index contributed by atoms with van der Waals surface area (Å²) in [6.45, 7) is 0.565. The topological polar surface area (TPSA) is 39.4 Å². The second-order valence-corrected chi connectivity index (χ2v) is 3.40. The molecule has 3 rings (SSSR count). The molecule has 15 heavy (non-hydrogen) atoms. The molecule has 0 aliphatic carbocycles. The van der Waals surface area contributed by atoms with Gasteiger partial charge in [0.1, 0.15) is 17.9 Å². The fourth-order valence-corrected chi connectivity index (χ4v) is 1.68. The molecule has 0 saturated heterocycles. The molecule has 2 aromatic rings. The van der Waals surface area contributed by atoms with Crippen molar-refractivity contribution in [3.05, 3.63) is 46.3 Å². The normalized spacial score (nSPS) is 13.6. The average Bonchev–Trinajstić information content (AvgIpc) is 2.26. The first-order valence-electron chi connectivity index (χ1n) is 4.70. The van der Waals surface area contributed by atoms with Gasteiger partial charge in [0.05, 0.1) is 0 Å². The van der Waals surface area contributed by atoms with Gasteiger partial charge in [-0.05, 0) is 18.2 Å². The van der Waals surface area contributed by atoms with Crippen molar-refractivity contribution in [2.45, 2.75) is 0 Å². The molecule has 1 aromatic carbocycles. The summed E-state index contributed by atoms with van der Waals surface area (Å²) in [6, 6.07) is 6.88. The van der Waals surface area contributed by atoms with E-state index in [4.69, 9.17) is 9.15 Å². The Kier molecular flexibility index (Phi) is 1.65. The van der Waals surface area contributed by atoms with Crippen LogP contribution in [0.25, 0.3) is 17.0 Å². The molecule has 0 fully saturated rings. The summed E-state index contributed by atoms with van der Waals surface area (Å²) in [5, 5.41) is 0.906. The first-order chi connectivity index (χ1) is 7.33. The highest BCUT2D eigenvalue weighted by Gasteiger charge is 2.08. The summed E-state index contributed by atoms with van der Waals surface area (Å²) < 4.78 is 10.5. The third kappa shape index (κ3) is 1.32. The third-order valence-corrected chi connectivity index (χ3v) is 2.38. The lowest BCUT2D eigenvalue weighted by molar-refractivity contribution is 0.358. The average molecular weight is 200 g/mol. The van der Waals surface area contributed by atoms with Crippen molar-refractivity contribution in [1.29, 1.82) is 0 Å². The van der Waals surface area contributed by atoms with E-state index < -0.39 is 0 Å². The van der Waals surface area contributed by atoms with E-state index in [1.165, 1.54) is 6.07 Å². The smallest absolute Gasteiger partial charge is 0.336 e. The highest BCUT2D eigenvalue weighted by molar-refractivity contribution is 5.82. The van der Waals surface area contributed by atoms with Gasteiger partial charge >= 0.3 is 5.63 Å². The molecule has 0 N–H and O–H groups in total. The van der Waals surface area contributed by atoms with Gasteiger partial charge in [-0.2, -0.15) is 0 Å². The molecule has 0 radical (unpaired) electrons. The second-order valence-electron chi connectivity index (χ2n) is 3.40. The molecular formula is C12H8O3. The van der Waals surface area contributed by atoms with Crippen molar-refractivity contribution in [2.75, 3.05) is 6.61 Å². The zero-order valence-electron chi connectivity index (χ0n) is 7.90. The molecule has 0 unspecified atom stereocenters. The number of hydrogen-bond donors (Lipinski definition) is 0.